The van der Waals surface area contributed by atoms with Gasteiger partial charge in [0, 0.05) is 21.8 Å². The van der Waals surface area contributed by atoms with Gasteiger partial charge in [-0.3, -0.25) is 9.59 Å². The molecule has 2 aromatic rings. The monoisotopic (exact) mass is 466 g/mol. The Morgan fingerprint density at radius 1 is 1.15 bits per heavy atom. The van der Waals surface area contributed by atoms with Crippen LogP contribution in [0.4, 0.5) is 5.69 Å². The van der Waals surface area contributed by atoms with Crippen LogP contribution in [0, 0.1) is 3.57 Å². The van der Waals surface area contributed by atoms with Gasteiger partial charge in [0.05, 0.1) is 18.6 Å². The molecule has 0 aromatic heterocycles. The van der Waals surface area contributed by atoms with Crippen molar-refractivity contribution < 1.29 is 14.3 Å². The lowest BCUT2D eigenvalue weighted by Gasteiger charge is -2.16. The largest absolute Gasteiger partial charge is 0.466 e. The molecule has 2 aromatic carbocycles. The number of carbonyl (C=O) groups is 2. The van der Waals surface area contributed by atoms with Crippen molar-refractivity contribution >= 4 is 40.2 Å². The smallest absolute Gasteiger partial charge is 0.307 e. The number of amides is 1. The molecule has 0 radical (unpaired) electrons. The second-order valence-corrected chi connectivity index (χ2v) is 7.16. The van der Waals surface area contributed by atoms with Crippen LogP contribution in [0.1, 0.15) is 36.2 Å². The molecule has 1 amide bonds. The molecular weight excluding hydrogens is 443 g/mol. The van der Waals surface area contributed by atoms with Crippen LogP contribution in [0.5, 0.6) is 0 Å². The van der Waals surface area contributed by atoms with Gasteiger partial charge in [0.2, 0.25) is 0 Å². The van der Waals surface area contributed by atoms with Crippen LogP contribution in [-0.2, 0) is 16.1 Å². The molecule has 26 heavy (non-hydrogen) atoms. The predicted molar refractivity (Wildman–Crippen MR) is 111 cm³/mol. The summed E-state index contributed by atoms with van der Waals surface area (Å²) in [6.07, 6.45) is 0.149. The molecule has 0 aliphatic heterocycles. The van der Waals surface area contributed by atoms with Gasteiger partial charge in [-0.15, -0.1) is 0 Å². The van der Waals surface area contributed by atoms with E-state index in [0.717, 1.165) is 14.8 Å². The fourth-order valence-corrected chi connectivity index (χ4v) is 2.97. The maximum atomic E-state index is 12.7. The number of halogens is 1. The summed E-state index contributed by atoms with van der Waals surface area (Å²) in [6.45, 7) is 4.52. The molecule has 138 valence electrons. The van der Waals surface area contributed by atoms with Gasteiger partial charge in [0.1, 0.15) is 0 Å². The van der Waals surface area contributed by atoms with Crippen molar-refractivity contribution in [2.24, 2.45) is 0 Å². The highest BCUT2D eigenvalue weighted by atomic mass is 127. The zero-order valence-corrected chi connectivity index (χ0v) is 17.1. The van der Waals surface area contributed by atoms with Crippen molar-refractivity contribution in [1.82, 2.24) is 5.32 Å². The summed E-state index contributed by atoms with van der Waals surface area (Å²) in [5, 5.41) is 6.18. The number of anilines is 1. The first-order valence-corrected chi connectivity index (χ1v) is 9.61. The Balaban J connectivity index is 2.05. The van der Waals surface area contributed by atoms with Crippen LogP contribution in [0.25, 0.3) is 0 Å². The number of hydrogen-bond acceptors (Lipinski definition) is 4. The van der Waals surface area contributed by atoms with E-state index in [9.17, 15) is 9.59 Å². The lowest BCUT2D eigenvalue weighted by atomic mass is 10.1. The third-order valence-electron chi connectivity index (χ3n) is 3.71. The SMILES string of the molecule is CCOC(=O)CC(C)NC(=O)c1cc(I)ccc1NCc1ccccc1. The van der Waals surface area contributed by atoms with E-state index in [4.69, 9.17) is 4.74 Å². The molecule has 0 heterocycles. The van der Waals surface area contributed by atoms with Gasteiger partial charge in [-0.1, -0.05) is 30.3 Å². The van der Waals surface area contributed by atoms with E-state index in [-0.39, 0.29) is 24.3 Å². The molecular formula is C20H23IN2O3. The fraction of sp³-hybridized carbons (Fsp3) is 0.300. The Bertz CT molecular complexity index is 750. The van der Waals surface area contributed by atoms with Gasteiger partial charge in [-0.2, -0.15) is 0 Å². The molecule has 0 spiro atoms. The van der Waals surface area contributed by atoms with E-state index in [2.05, 4.69) is 33.2 Å². The van der Waals surface area contributed by atoms with Gasteiger partial charge in [-0.05, 0) is 60.2 Å². The number of benzene rings is 2. The second-order valence-electron chi connectivity index (χ2n) is 5.91. The molecule has 6 heteroatoms. The van der Waals surface area contributed by atoms with Gasteiger partial charge in [-0.25, -0.2) is 0 Å². The van der Waals surface area contributed by atoms with Gasteiger partial charge >= 0.3 is 5.97 Å². The normalized spacial score (nSPS) is 11.5. The molecule has 1 unspecified atom stereocenters. The first-order valence-electron chi connectivity index (χ1n) is 8.53. The highest BCUT2D eigenvalue weighted by molar-refractivity contribution is 14.1. The summed E-state index contributed by atoms with van der Waals surface area (Å²) in [4.78, 5) is 24.2. The van der Waals surface area contributed by atoms with Crippen molar-refractivity contribution in [3.63, 3.8) is 0 Å². The molecule has 0 fully saturated rings. The maximum absolute atomic E-state index is 12.7. The Kier molecular flexibility index (Phi) is 7.90. The molecule has 2 rings (SSSR count). The minimum absolute atomic E-state index is 0.149. The Morgan fingerprint density at radius 2 is 1.88 bits per heavy atom. The van der Waals surface area contributed by atoms with Crippen molar-refractivity contribution in [1.29, 1.82) is 0 Å². The lowest BCUT2D eigenvalue weighted by Crippen LogP contribution is -2.35. The van der Waals surface area contributed by atoms with E-state index in [1.807, 2.05) is 48.5 Å². The molecule has 0 saturated heterocycles. The number of carbonyl (C=O) groups excluding carboxylic acids is 2. The molecule has 2 N–H and O–H groups in total. The van der Waals surface area contributed by atoms with E-state index >= 15 is 0 Å². The number of rotatable bonds is 8. The average Bonchev–Trinajstić information content (AvgIpc) is 2.61. The minimum atomic E-state index is -0.314. The summed E-state index contributed by atoms with van der Waals surface area (Å²) in [5.74, 6) is -0.527. The standard InChI is InChI=1S/C20H23IN2O3/c1-3-26-19(24)11-14(2)23-20(25)17-12-16(21)9-10-18(17)22-13-15-7-5-4-6-8-15/h4-10,12,14,22H,3,11,13H2,1-2H3,(H,23,25). The molecule has 0 aliphatic carbocycles. The molecule has 0 aliphatic rings. The third-order valence-corrected chi connectivity index (χ3v) is 4.38. The first kappa shape index (κ1) is 20.2. The van der Waals surface area contributed by atoms with Gasteiger partial charge < -0.3 is 15.4 Å². The number of hydrogen-bond donors (Lipinski definition) is 2. The third kappa shape index (κ3) is 6.33. The zero-order chi connectivity index (χ0) is 18.9. The quantitative estimate of drug-likeness (QED) is 0.457. The van der Waals surface area contributed by atoms with Crippen molar-refractivity contribution in [3.8, 4) is 0 Å². The maximum Gasteiger partial charge on any atom is 0.307 e. The number of nitrogens with one attached hydrogen (secondary N) is 2. The highest BCUT2D eigenvalue weighted by Crippen LogP contribution is 2.20. The Hall–Kier alpha value is -2.09. The topological polar surface area (TPSA) is 67.4 Å². The van der Waals surface area contributed by atoms with Crippen molar-refractivity contribution in [2.75, 3.05) is 11.9 Å². The van der Waals surface area contributed by atoms with Crippen LogP contribution >= 0.6 is 22.6 Å². The summed E-state index contributed by atoms with van der Waals surface area (Å²) in [7, 11) is 0. The van der Waals surface area contributed by atoms with E-state index in [0.29, 0.717) is 18.7 Å². The highest BCUT2D eigenvalue weighted by Gasteiger charge is 2.17. The second kappa shape index (κ2) is 10.2. The van der Waals surface area contributed by atoms with Crippen molar-refractivity contribution in [3.05, 3.63) is 63.2 Å². The van der Waals surface area contributed by atoms with Crippen LogP contribution in [-0.4, -0.2) is 24.5 Å². The summed E-state index contributed by atoms with van der Waals surface area (Å²) in [6, 6.07) is 15.4. The Morgan fingerprint density at radius 3 is 2.58 bits per heavy atom. The summed E-state index contributed by atoms with van der Waals surface area (Å²) in [5.41, 5.74) is 2.45. The first-order chi connectivity index (χ1) is 12.5. The van der Waals surface area contributed by atoms with Crippen LogP contribution in [0.2, 0.25) is 0 Å². The lowest BCUT2D eigenvalue weighted by molar-refractivity contribution is -0.143. The summed E-state index contributed by atoms with van der Waals surface area (Å²) >= 11 is 2.18. The predicted octanol–water partition coefficient (Wildman–Crippen LogP) is 3.97. The van der Waals surface area contributed by atoms with Crippen LogP contribution in [0.3, 0.4) is 0 Å². The van der Waals surface area contributed by atoms with E-state index in [1.54, 1.807) is 13.8 Å². The molecule has 0 saturated carbocycles. The molecule has 1 atom stereocenters. The minimum Gasteiger partial charge on any atom is -0.466 e. The van der Waals surface area contributed by atoms with E-state index < -0.39 is 0 Å². The van der Waals surface area contributed by atoms with Gasteiger partial charge in [0.15, 0.2) is 0 Å². The van der Waals surface area contributed by atoms with Crippen LogP contribution < -0.4 is 10.6 Å². The van der Waals surface area contributed by atoms with Gasteiger partial charge in [0.25, 0.3) is 5.91 Å². The number of ether oxygens (including phenoxy) is 1. The average molecular weight is 466 g/mol. The van der Waals surface area contributed by atoms with E-state index in [1.165, 1.54) is 0 Å². The van der Waals surface area contributed by atoms with Crippen molar-refractivity contribution in [2.45, 2.75) is 32.9 Å². The molecule has 0 bridgehead atoms. The number of esters is 1. The fourth-order valence-electron chi connectivity index (χ4n) is 2.47. The summed E-state index contributed by atoms with van der Waals surface area (Å²) < 4.78 is 5.90. The van der Waals surface area contributed by atoms with Crippen LogP contribution in [0.15, 0.2) is 48.5 Å². The zero-order valence-electron chi connectivity index (χ0n) is 14.9. The Labute approximate surface area is 167 Å². The molecule has 5 nitrogen and oxygen atoms in total.